The van der Waals surface area contributed by atoms with Crippen LogP contribution >= 0.6 is 0 Å². The molecule has 8 heteroatoms. The van der Waals surface area contributed by atoms with Crippen LogP contribution in [0, 0.1) is 11.8 Å². The molecule has 1 aromatic rings. The first-order chi connectivity index (χ1) is 19.9. The average molecular weight is 585 g/mol. The van der Waals surface area contributed by atoms with E-state index in [1.807, 2.05) is 65.0 Å². The lowest BCUT2D eigenvalue weighted by Crippen LogP contribution is -2.53. The summed E-state index contributed by atoms with van der Waals surface area (Å²) in [4.78, 5) is 42.6. The molecule has 2 amide bonds. The Bertz CT molecular complexity index is 1040. The lowest BCUT2D eigenvalue weighted by Gasteiger charge is -2.36. The number of amides is 2. The smallest absolute Gasteiger partial charge is 0.412 e. The Hall–Kier alpha value is -2.61. The molecule has 42 heavy (non-hydrogen) atoms. The summed E-state index contributed by atoms with van der Waals surface area (Å²) in [6.45, 7) is 9.29. The number of carbonyl (C=O) groups is 3. The van der Waals surface area contributed by atoms with Crippen molar-refractivity contribution in [1.29, 1.82) is 0 Å². The van der Waals surface area contributed by atoms with E-state index in [2.05, 4.69) is 5.32 Å². The zero-order valence-electron chi connectivity index (χ0n) is 26.4. The molecule has 0 spiro atoms. The number of hydrogen-bond acceptors (Lipinski definition) is 6. The molecule has 1 N–H and O–H groups in total. The molecule has 3 aliphatic rings. The van der Waals surface area contributed by atoms with Crippen molar-refractivity contribution < 1.29 is 28.6 Å². The minimum absolute atomic E-state index is 0.153. The summed E-state index contributed by atoms with van der Waals surface area (Å²) in [5.41, 5.74) is -0.831. The summed E-state index contributed by atoms with van der Waals surface area (Å²) in [6, 6.07) is 8.30. The van der Waals surface area contributed by atoms with Gasteiger partial charge >= 0.3 is 12.1 Å². The highest BCUT2D eigenvalue weighted by atomic mass is 16.6. The normalized spacial score (nSPS) is 24.2. The van der Waals surface area contributed by atoms with Crippen molar-refractivity contribution in [2.45, 2.75) is 148 Å². The lowest BCUT2D eigenvalue weighted by atomic mass is 9.83. The Morgan fingerprint density at radius 1 is 0.952 bits per heavy atom. The van der Waals surface area contributed by atoms with E-state index in [-0.39, 0.29) is 12.5 Å². The zero-order chi connectivity index (χ0) is 30.3. The number of benzene rings is 1. The van der Waals surface area contributed by atoms with E-state index in [1.165, 1.54) is 12.8 Å². The maximum atomic E-state index is 14.0. The van der Waals surface area contributed by atoms with Crippen LogP contribution in [0.5, 0.6) is 0 Å². The van der Waals surface area contributed by atoms with Crippen molar-refractivity contribution in [1.82, 2.24) is 10.2 Å². The molecule has 1 aromatic carbocycles. The Balaban J connectivity index is 1.54. The van der Waals surface area contributed by atoms with E-state index >= 15 is 0 Å². The summed E-state index contributed by atoms with van der Waals surface area (Å²) >= 11 is 0. The third-order valence-corrected chi connectivity index (χ3v) is 8.94. The van der Waals surface area contributed by atoms with Gasteiger partial charge in [0.1, 0.15) is 24.0 Å². The van der Waals surface area contributed by atoms with Crippen LogP contribution in [0.1, 0.15) is 117 Å². The molecule has 0 radical (unpaired) electrons. The Labute approximate surface area is 252 Å². The quantitative estimate of drug-likeness (QED) is 0.318. The van der Waals surface area contributed by atoms with Crippen molar-refractivity contribution in [3.8, 4) is 0 Å². The molecule has 1 aliphatic heterocycles. The van der Waals surface area contributed by atoms with Gasteiger partial charge in [0.15, 0.2) is 6.10 Å². The molecule has 0 bridgehead atoms. The largest absolute Gasteiger partial charge is 0.459 e. The number of rotatable bonds is 9. The summed E-state index contributed by atoms with van der Waals surface area (Å²) < 4.78 is 17.9. The Kier molecular flexibility index (Phi) is 11.0. The number of carbonyl (C=O) groups excluding carboxylic acids is 3. The number of esters is 1. The van der Waals surface area contributed by atoms with Gasteiger partial charge in [-0.25, -0.2) is 9.59 Å². The SMILES string of the molecule is CC(C)(C)OC(=O)N1[C@H](CC2CCCCC2)[C@@H](C(=O)N[C@@H](CC2CCCCC2)C(=O)OCc2ccccc2)OC1(C)C. The van der Waals surface area contributed by atoms with E-state index in [1.54, 1.807) is 4.90 Å². The van der Waals surface area contributed by atoms with Crippen LogP contribution < -0.4 is 5.32 Å². The summed E-state index contributed by atoms with van der Waals surface area (Å²) in [5, 5.41) is 3.04. The monoisotopic (exact) mass is 584 g/mol. The van der Waals surface area contributed by atoms with Crippen molar-refractivity contribution in [2.24, 2.45) is 11.8 Å². The fraction of sp³-hybridized carbons (Fsp3) is 0.735. The van der Waals surface area contributed by atoms with Crippen molar-refractivity contribution in [3.63, 3.8) is 0 Å². The van der Waals surface area contributed by atoms with Gasteiger partial charge in [-0.15, -0.1) is 0 Å². The molecule has 2 saturated carbocycles. The predicted molar refractivity (Wildman–Crippen MR) is 161 cm³/mol. The molecule has 3 atom stereocenters. The molecular weight excluding hydrogens is 532 g/mol. The molecule has 0 aromatic heterocycles. The first-order valence-electron chi connectivity index (χ1n) is 16.1. The second-order valence-corrected chi connectivity index (χ2v) is 14.0. The molecule has 1 heterocycles. The molecular formula is C34H52N2O6. The minimum atomic E-state index is -1.05. The van der Waals surface area contributed by atoms with Gasteiger partial charge in [0.25, 0.3) is 5.91 Å². The zero-order valence-corrected chi connectivity index (χ0v) is 26.4. The van der Waals surface area contributed by atoms with Crippen LogP contribution in [0.3, 0.4) is 0 Å². The third-order valence-electron chi connectivity index (χ3n) is 8.94. The highest BCUT2D eigenvalue weighted by Gasteiger charge is 2.54. The van der Waals surface area contributed by atoms with E-state index in [0.717, 1.165) is 56.9 Å². The van der Waals surface area contributed by atoms with Crippen LogP contribution in [0.4, 0.5) is 4.79 Å². The van der Waals surface area contributed by atoms with Crippen molar-refractivity contribution >= 4 is 18.0 Å². The molecule has 3 fully saturated rings. The predicted octanol–water partition coefficient (Wildman–Crippen LogP) is 6.90. The van der Waals surface area contributed by atoms with Gasteiger partial charge in [-0.1, -0.05) is 94.5 Å². The second kappa shape index (κ2) is 14.2. The first kappa shape index (κ1) is 32.3. The summed E-state index contributed by atoms with van der Waals surface area (Å²) in [5.74, 6) is -0.0452. The van der Waals surface area contributed by atoms with Crippen molar-refractivity contribution in [2.75, 3.05) is 0 Å². The average Bonchev–Trinajstić information content (AvgIpc) is 3.22. The molecule has 4 rings (SSSR count). The van der Waals surface area contributed by atoms with E-state index in [9.17, 15) is 14.4 Å². The fourth-order valence-electron chi connectivity index (χ4n) is 6.92. The fourth-order valence-corrected chi connectivity index (χ4v) is 6.92. The van der Waals surface area contributed by atoms with E-state index < -0.39 is 41.6 Å². The van der Waals surface area contributed by atoms with Gasteiger partial charge in [-0.3, -0.25) is 9.69 Å². The van der Waals surface area contributed by atoms with E-state index in [4.69, 9.17) is 14.2 Å². The van der Waals surface area contributed by atoms with E-state index in [0.29, 0.717) is 24.7 Å². The summed E-state index contributed by atoms with van der Waals surface area (Å²) in [6.07, 6.45) is 11.1. The van der Waals surface area contributed by atoms with Crippen molar-refractivity contribution in [3.05, 3.63) is 35.9 Å². The minimum Gasteiger partial charge on any atom is -0.459 e. The summed E-state index contributed by atoms with van der Waals surface area (Å²) in [7, 11) is 0. The highest BCUT2D eigenvalue weighted by Crippen LogP contribution is 2.39. The van der Waals surface area contributed by atoms with Crippen LogP contribution in [-0.2, 0) is 30.4 Å². The molecule has 0 unspecified atom stereocenters. The number of hydrogen-bond donors (Lipinski definition) is 1. The number of nitrogens with zero attached hydrogens (tertiary/aromatic N) is 1. The maximum Gasteiger partial charge on any atom is 0.412 e. The molecule has 8 nitrogen and oxygen atoms in total. The maximum absolute atomic E-state index is 14.0. The third kappa shape index (κ3) is 8.95. The van der Waals surface area contributed by atoms with Crippen LogP contribution in [0.2, 0.25) is 0 Å². The van der Waals surface area contributed by atoms with Crippen LogP contribution in [0.15, 0.2) is 30.3 Å². The van der Waals surface area contributed by atoms with Crippen LogP contribution in [-0.4, -0.2) is 52.4 Å². The lowest BCUT2D eigenvalue weighted by molar-refractivity contribution is -0.152. The number of nitrogens with one attached hydrogen (secondary N) is 1. The van der Waals surface area contributed by atoms with Crippen LogP contribution in [0.25, 0.3) is 0 Å². The number of ether oxygens (including phenoxy) is 3. The Morgan fingerprint density at radius 3 is 2.14 bits per heavy atom. The van der Waals surface area contributed by atoms with Gasteiger partial charge in [0, 0.05) is 0 Å². The van der Waals surface area contributed by atoms with Gasteiger partial charge in [-0.2, -0.15) is 0 Å². The van der Waals surface area contributed by atoms with Gasteiger partial charge in [-0.05, 0) is 64.9 Å². The Morgan fingerprint density at radius 2 is 1.55 bits per heavy atom. The second-order valence-electron chi connectivity index (χ2n) is 14.0. The molecule has 1 saturated heterocycles. The molecule has 234 valence electrons. The van der Waals surface area contributed by atoms with Gasteiger partial charge in [0.2, 0.25) is 0 Å². The standard InChI is InChI=1S/C34H52N2O6/c1-33(2,3)42-32(39)36-28(22-25-17-11-7-12-18-25)29(41-34(36,4)5)30(37)35-27(21-24-15-9-6-10-16-24)31(38)40-23-26-19-13-8-14-20-26/h8,13-14,19-20,24-25,27-29H,6-7,9-12,15-18,21-23H2,1-5H3,(H,35,37)/t27-,28+,29-/m0/s1. The highest BCUT2D eigenvalue weighted by molar-refractivity contribution is 5.88. The molecule has 2 aliphatic carbocycles. The topological polar surface area (TPSA) is 94.2 Å². The van der Waals surface area contributed by atoms with Gasteiger partial charge in [0.05, 0.1) is 6.04 Å². The first-order valence-corrected chi connectivity index (χ1v) is 16.1. The van der Waals surface area contributed by atoms with Gasteiger partial charge < -0.3 is 19.5 Å².